The zero-order valence-electron chi connectivity index (χ0n) is 21.9. The summed E-state index contributed by atoms with van der Waals surface area (Å²) in [6.07, 6.45) is 1.08. The molecule has 6 N–H and O–H groups in total. The minimum absolute atomic E-state index is 0.192. The number of anilines is 3. The van der Waals surface area contributed by atoms with Gasteiger partial charge in [-0.2, -0.15) is 4.98 Å². The quantitative estimate of drug-likeness (QED) is 0.194. The first-order valence-corrected chi connectivity index (χ1v) is 14.2. The van der Waals surface area contributed by atoms with Crippen LogP contribution in [0.1, 0.15) is 35.7 Å². The number of hydrogen-bond donors (Lipinski definition) is 6. The van der Waals surface area contributed by atoms with Crippen LogP contribution in [0.2, 0.25) is 0 Å². The summed E-state index contributed by atoms with van der Waals surface area (Å²) in [5.74, 6) is 1.04. The zero-order chi connectivity index (χ0) is 27.1. The number of para-hydroxylation sites is 1. The molecule has 1 unspecified atom stereocenters. The van der Waals surface area contributed by atoms with Crippen LogP contribution in [0, 0.1) is 19.8 Å². The third kappa shape index (κ3) is 4.91. The Balaban J connectivity index is 1.29. The van der Waals surface area contributed by atoms with Crippen molar-refractivity contribution >= 4 is 39.0 Å². The molecular formula is C28H33N7O3S. The van der Waals surface area contributed by atoms with Crippen molar-refractivity contribution in [2.24, 2.45) is 5.92 Å². The predicted molar refractivity (Wildman–Crippen MR) is 153 cm³/mol. The molecule has 5 atom stereocenters. The maximum absolute atomic E-state index is 10.7. The Kier molecular flexibility index (Phi) is 7.06. The SMILES string of the molecule is Cc1nc(NCCC2CNc3ccccc32)nc(N[C@@H]2C[C@H](CO)[C@@H](O)[C@H]2O)c1-c1nc2c(C)nccc2s1. The molecule has 0 radical (unpaired) electrons. The van der Waals surface area contributed by atoms with Crippen molar-refractivity contribution in [2.75, 3.05) is 35.6 Å². The average molecular weight is 548 g/mol. The number of thiazole rings is 1. The Morgan fingerprint density at radius 2 is 1.90 bits per heavy atom. The van der Waals surface area contributed by atoms with E-state index in [4.69, 9.17) is 15.0 Å². The third-order valence-electron chi connectivity index (χ3n) is 7.87. The number of nitrogens with zero attached hydrogens (tertiary/aromatic N) is 4. The Labute approximate surface area is 230 Å². The maximum atomic E-state index is 10.7. The highest BCUT2D eigenvalue weighted by Gasteiger charge is 2.41. The summed E-state index contributed by atoms with van der Waals surface area (Å²) in [6.45, 7) is 5.28. The Hall–Kier alpha value is -3.38. The molecular weight excluding hydrogens is 514 g/mol. The molecule has 0 spiro atoms. The van der Waals surface area contributed by atoms with Gasteiger partial charge >= 0.3 is 0 Å². The number of aromatic nitrogens is 4. The molecule has 2 aliphatic rings. The van der Waals surface area contributed by atoms with Crippen molar-refractivity contribution in [2.45, 2.75) is 50.9 Å². The third-order valence-corrected chi connectivity index (χ3v) is 8.91. The second-order valence-corrected chi connectivity index (χ2v) is 11.4. The lowest BCUT2D eigenvalue weighted by Crippen LogP contribution is -2.35. The minimum Gasteiger partial charge on any atom is -0.396 e. The first-order chi connectivity index (χ1) is 18.9. The van der Waals surface area contributed by atoms with E-state index in [0.717, 1.165) is 45.1 Å². The zero-order valence-corrected chi connectivity index (χ0v) is 22.7. The lowest BCUT2D eigenvalue weighted by molar-refractivity contribution is 0.00446. The van der Waals surface area contributed by atoms with E-state index in [2.05, 4.69) is 39.1 Å². The van der Waals surface area contributed by atoms with Crippen LogP contribution in [0.5, 0.6) is 0 Å². The fraction of sp³-hybridized carbons (Fsp3) is 0.429. The Bertz CT molecular complexity index is 1500. The van der Waals surface area contributed by atoms with Crippen molar-refractivity contribution < 1.29 is 15.3 Å². The highest BCUT2D eigenvalue weighted by molar-refractivity contribution is 7.21. The van der Waals surface area contributed by atoms with Gasteiger partial charge in [0.05, 0.1) is 33.8 Å². The van der Waals surface area contributed by atoms with Crippen molar-refractivity contribution in [1.82, 2.24) is 19.9 Å². The number of aliphatic hydroxyl groups is 3. The van der Waals surface area contributed by atoms with Crippen molar-refractivity contribution in [3.05, 3.63) is 53.5 Å². The number of hydrogen-bond acceptors (Lipinski definition) is 11. The molecule has 4 heterocycles. The van der Waals surface area contributed by atoms with Gasteiger partial charge in [-0.15, -0.1) is 11.3 Å². The smallest absolute Gasteiger partial charge is 0.224 e. The van der Waals surface area contributed by atoms with Gasteiger partial charge in [0, 0.05) is 43.4 Å². The molecule has 10 nitrogen and oxygen atoms in total. The topological polar surface area (TPSA) is 148 Å². The maximum Gasteiger partial charge on any atom is 0.224 e. The van der Waals surface area contributed by atoms with E-state index in [-0.39, 0.29) is 6.61 Å². The Morgan fingerprint density at radius 1 is 1.05 bits per heavy atom. The minimum atomic E-state index is -1.03. The molecule has 0 bridgehead atoms. The second-order valence-electron chi connectivity index (χ2n) is 10.4. The van der Waals surface area contributed by atoms with Gasteiger partial charge in [0.2, 0.25) is 5.95 Å². The normalized spacial score (nSPS) is 24.1. The summed E-state index contributed by atoms with van der Waals surface area (Å²) < 4.78 is 1.02. The van der Waals surface area contributed by atoms with Gasteiger partial charge in [-0.1, -0.05) is 18.2 Å². The standard InChI is InChI=1S/C28H33N7O3S/c1-14-22(27-34-23-15(2)29-10-8-21(23)39-27)26(33-20-11-17(13-36)24(37)25(20)38)35-28(32-14)30-9-7-16-12-31-19-6-4-3-5-18(16)19/h3-6,8,10,16-17,20,24-25,31,36-38H,7,9,11-13H2,1-2H3,(H2,30,32,33,35)/t16?,17-,20-,24-,25+/m1/s1. The number of fused-ring (bicyclic) bond motifs is 2. The predicted octanol–water partition coefficient (Wildman–Crippen LogP) is 3.29. The van der Waals surface area contributed by atoms with Gasteiger partial charge in [0.15, 0.2) is 0 Å². The molecule has 6 rings (SSSR count). The summed E-state index contributed by atoms with van der Waals surface area (Å²) >= 11 is 1.54. The van der Waals surface area contributed by atoms with E-state index in [0.29, 0.717) is 30.6 Å². The van der Waals surface area contributed by atoms with Crippen molar-refractivity contribution in [1.29, 1.82) is 0 Å². The second kappa shape index (κ2) is 10.6. The van der Waals surface area contributed by atoms with Crippen LogP contribution in [0.3, 0.4) is 0 Å². The lowest BCUT2D eigenvalue weighted by atomic mass is 9.98. The summed E-state index contributed by atoms with van der Waals surface area (Å²) in [5, 5.41) is 41.8. The van der Waals surface area contributed by atoms with Crippen LogP contribution in [-0.2, 0) is 0 Å². The molecule has 4 aromatic rings. The number of aryl methyl sites for hydroxylation is 2. The van der Waals surface area contributed by atoms with Crippen LogP contribution in [-0.4, -0.2) is 73.2 Å². The Morgan fingerprint density at radius 3 is 2.69 bits per heavy atom. The molecule has 3 aromatic heterocycles. The molecule has 1 aliphatic carbocycles. The molecule has 1 saturated carbocycles. The largest absolute Gasteiger partial charge is 0.396 e. The fourth-order valence-corrected chi connectivity index (χ4v) is 6.81. The molecule has 39 heavy (non-hydrogen) atoms. The van der Waals surface area contributed by atoms with Gasteiger partial charge in [-0.25, -0.2) is 9.97 Å². The molecule has 1 aliphatic heterocycles. The van der Waals surface area contributed by atoms with Crippen LogP contribution in [0.15, 0.2) is 36.5 Å². The van der Waals surface area contributed by atoms with Gasteiger partial charge in [0.25, 0.3) is 0 Å². The van der Waals surface area contributed by atoms with Gasteiger partial charge in [-0.3, -0.25) is 4.98 Å². The summed E-state index contributed by atoms with van der Waals surface area (Å²) in [6, 6.07) is 9.88. The highest BCUT2D eigenvalue weighted by atomic mass is 32.1. The first-order valence-electron chi connectivity index (χ1n) is 13.3. The van der Waals surface area contributed by atoms with E-state index >= 15 is 0 Å². The molecule has 1 aromatic carbocycles. The summed E-state index contributed by atoms with van der Waals surface area (Å²) in [4.78, 5) is 18.8. The van der Waals surface area contributed by atoms with Crippen LogP contribution >= 0.6 is 11.3 Å². The van der Waals surface area contributed by atoms with E-state index < -0.39 is 24.2 Å². The molecule has 0 saturated heterocycles. The van der Waals surface area contributed by atoms with Crippen LogP contribution in [0.4, 0.5) is 17.5 Å². The van der Waals surface area contributed by atoms with E-state index in [1.54, 1.807) is 17.5 Å². The van der Waals surface area contributed by atoms with Crippen LogP contribution < -0.4 is 16.0 Å². The molecule has 0 amide bonds. The van der Waals surface area contributed by atoms with Gasteiger partial charge < -0.3 is 31.3 Å². The van der Waals surface area contributed by atoms with Gasteiger partial charge in [0.1, 0.15) is 22.4 Å². The number of rotatable bonds is 8. The number of aliphatic hydroxyl groups excluding tert-OH is 3. The van der Waals surface area contributed by atoms with Gasteiger partial charge in [-0.05, 0) is 44.4 Å². The van der Waals surface area contributed by atoms with Crippen molar-refractivity contribution in [3.8, 4) is 10.6 Å². The number of nitrogens with one attached hydrogen (secondary N) is 3. The molecule has 11 heteroatoms. The van der Waals surface area contributed by atoms with Crippen LogP contribution in [0.25, 0.3) is 20.8 Å². The van der Waals surface area contributed by atoms with E-state index in [1.807, 2.05) is 26.0 Å². The molecule has 204 valence electrons. The lowest BCUT2D eigenvalue weighted by Gasteiger charge is -2.21. The number of benzene rings is 1. The number of pyridine rings is 1. The first kappa shape index (κ1) is 25.9. The van der Waals surface area contributed by atoms with E-state index in [1.165, 1.54) is 11.3 Å². The summed E-state index contributed by atoms with van der Waals surface area (Å²) in [5.41, 5.74) is 5.73. The summed E-state index contributed by atoms with van der Waals surface area (Å²) in [7, 11) is 0. The average Bonchev–Trinajstić information content (AvgIpc) is 3.62. The highest BCUT2D eigenvalue weighted by Crippen LogP contribution is 2.39. The van der Waals surface area contributed by atoms with E-state index in [9.17, 15) is 15.3 Å². The van der Waals surface area contributed by atoms with Crippen molar-refractivity contribution in [3.63, 3.8) is 0 Å². The molecule has 1 fully saturated rings. The fourth-order valence-electron chi connectivity index (χ4n) is 5.70. The monoisotopic (exact) mass is 547 g/mol.